The van der Waals surface area contributed by atoms with Crippen LogP contribution in [0.2, 0.25) is 0 Å². The van der Waals surface area contributed by atoms with Crippen LogP contribution in [-0.2, 0) is 19.4 Å². The van der Waals surface area contributed by atoms with E-state index in [-0.39, 0.29) is 6.10 Å². The van der Waals surface area contributed by atoms with Crippen LogP contribution in [0.15, 0.2) is 6.07 Å². The third-order valence-electron chi connectivity index (χ3n) is 4.19. The predicted molar refractivity (Wildman–Crippen MR) is 73.6 cm³/mol. The van der Waals surface area contributed by atoms with Crippen LogP contribution in [0.1, 0.15) is 57.3 Å². The molecule has 3 nitrogen and oxygen atoms in total. The Morgan fingerprint density at radius 2 is 2.06 bits per heavy atom. The Kier molecular flexibility index (Phi) is 4.81. The average Bonchev–Trinajstić information content (AvgIpc) is 2.82. The second-order valence-electron chi connectivity index (χ2n) is 5.47. The maximum absolute atomic E-state index is 10.4. The van der Waals surface area contributed by atoms with Crippen molar-refractivity contribution in [3.05, 3.63) is 17.5 Å². The Bertz CT molecular complexity index is 367. The molecular weight excluding hydrogens is 224 g/mol. The molecule has 0 bridgehead atoms. The summed E-state index contributed by atoms with van der Waals surface area (Å²) in [6, 6.07) is 2.16. The third kappa shape index (κ3) is 3.14. The van der Waals surface area contributed by atoms with Crippen LogP contribution in [0.4, 0.5) is 0 Å². The van der Waals surface area contributed by atoms with Gasteiger partial charge in [-0.3, -0.25) is 4.68 Å². The van der Waals surface area contributed by atoms with Gasteiger partial charge in [0.1, 0.15) is 0 Å². The SMILES string of the molecule is CCc1cc(CC(O)C2CCCCC2)n(CC)n1. The van der Waals surface area contributed by atoms with Gasteiger partial charge in [-0.25, -0.2) is 0 Å². The van der Waals surface area contributed by atoms with Crippen molar-refractivity contribution in [3.8, 4) is 0 Å². The van der Waals surface area contributed by atoms with E-state index in [1.807, 2.05) is 4.68 Å². The van der Waals surface area contributed by atoms with Crippen LogP contribution in [0.3, 0.4) is 0 Å². The highest BCUT2D eigenvalue weighted by Crippen LogP contribution is 2.28. The molecule has 0 saturated heterocycles. The Hall–Kier alpha value is -0.830. The third-order valence-corrected chi connectivity index (χ3v) is 4.19. The molecule has 1 N–H and O–H groups in total. The summed E-state index contributed by atoms with van der Waals surface area (Å²) in [7, 11) is 0. The van der Waals surface area contributed by atoms with E-state index in [2.05, 4.69) is 25.0 Å². The first-order valence-corrected chi connectivity index (χ1v) is 7.48. The van der Waals surface area contributed by atoms with Gasteiger partial charge in [0.15, 0.2) is 0 Å². The number of aliphatic hydroxyl groups is 1. The molecule has 1 atom stereocenters. The summed E-state index contributed by atoms with van der Waals surface area (Å²) >= 11 is 0. The monoisotopic (exact) mass is 250 g/mol. The topological polar surface area (TPSA) is 38.0 Å². The zero-order valence-corrected chi connectivity index (χ0v) is 11.7. The van der Waals surface area contributed by atoms with Crippen LogP contribution in [0.25, 0.3) is 0 Å². The first-order valence-electron chi connectivity index (χ1n) is 7.48. The van der Waals surface area contributed by atoms with E-state index in [1.54, 1.807) is 0 Å². The van der Waals surface area contributed by atoms with Crippen molar-refractivity contribution < 1.29 is 5.11 Å². The maximum Gasteiger partial charge on any atom is 0.0624 e. The van der Waals surface area contributed by atoms with Gasteiger partial charge in [0, 0.05) is 18.7 Å². The maximum atomic E-state index is 10.4. The number of hydrogen-bond donors (Lipinski definition) is 1. The summed E-state index contributed by atoms with van der Waals surface area (Å²) in [5, 5.41) is 14.9. The minimum absolute atomic E-state index is 0.183. The van der Waals surface area contributed by atoms with Crippen molar-refractivity contribution >= 4 is 0 Å². The molecule has 1 saturated carbocycles. The van der Waals surface area contributed by atoms with Gasteiger partial charge in [0.2, 0.25) is 0 Å². The number of nitrogens with zero attached hydrogens (tertiary/aromatic N) is 2. The summed E-state index contributed by atoms with van der Waals surface area (Å²) in [6.07, 6.45) is 7.87. The molecule has 0 amide bonds. The number of aromatic nitrogens is 2. The van der Waals surface area contributed by atoms with Crippen molar-refractivity contribution in [2.24, 2.45) is 5.92 Å². The first-order chi connectivity index (χ1) is 8.74. The minimum atomic E-state index is -0.183. The Morgan fingerprint density at radius 1 is 1.33 bits per heavy atom. The lowest BCUT2D eigenvalue weighted by atomic mass is 9.84. The summed E-state index contributed by atoms with van der Waals surface area (Å²) in [4.78, 5) is 0. The number of aliphatic hydroxyl groups excluding tert-OH is 1. The van der Waals surface area contributed by atoms with Crippen LogP contribution in [0, 0.1) is 5.92 Å². The van der Waals surface area contributed by atoms with Crippen LogP contribution in [-0.4, -0.2) is 21.0 Å². The van der Waals surface area contributed by atoms with Gasteiger partial charge in [-0.15, -0.1) is 0 Å². The lowest BCUT2D eigenvalue weighted by molar-refractivity contribution is 0.0832. The standard InChI is InChI=1S/C15H26N2O/c1-3-13-10-14(17(4-2)16-13)11-15(18)12-8-6-5-7-9-12/h10,12,15,18H,3-9,11H2,1-2H3. The molecule has 3 heteroatoms. The molecule has 1 heterocycles. The van der Waals surface area contributed by atoms with E-state index in [0.29, 0.717) is 5.92 Å². The molecule has 0 aliphatic heterocycles. The lowest BCUT2D eigenvalue weighted by Crippen LogP contribution is -2.26. The Balaban J connectivity index is 2.00. The fraction of sp³-hybridized carbons (Fsp3) is 0.800. The number of rotatable bonds is 5. The van der Waals surface area contributed by atoms with E-state index < -0.39 is 0 Å². The second kappa shape index (κ2) is 6.37. The van der Waals surface area contributed by atoms with Crippen molar-refractivity contribution in [3.63, 3.8) is 0 Å². The second-order valence-corrected chi connectivity index (χ2v) is 5.47. The van der Waals surface area contributed by atoms with Gasteiger partial charge in [-0.1, -0.05) is 26.2 Å². The summed E-state index contributed by atoms with van der Waals surface area (Å²) in [5.41, 5.74) is 2.34. The van der Waals surface area contributed by atoms with E-state index in [9.17, 15) is 5.11 Å². The molecule has 102 valence electrons. The molecule has 1 fully saturated rings. The van der Waals surface area contributed by atoms with E-state index in [0.717, 1.165) is 25.1 Å². The summed E-state index contributed by atoms with van der Waals surface area (Å²) < 4.78 is 2.05. The van der Waals surface area contributed by atoms with Gasteiger partial charge in [-0.05, 0) is 38.2 Å². The summed E-state index contributed by atoms with van der Waals surface area (Å²) in [6.45, 7) is 5.14. The average molecular weight is 250 g/mol. The van der Waals surface area contributed by atoms with E-state index in [1.165, 1.54) is 37.8 Å². The molecule has 1 aromatic rings. The molecule has 1 unspecified atom stereocenters. The Morgan fingerprint density at radius 3 is 2.67 bits per heavy atom. The normalized spacial score (nSPS) is 19.1. The number of aryl methyl sites for hydroxylation is 2. The minimum Gasteiger partial charge on any atom is -0.392 e. The molecule has 1 aliphatic rings. The largest absolute Gasteiger partial charge is 0.392 e. The van der Waals surface area contributed by atoms with Crippen LogP contribution in [0.5, 0.6) is 0 Å². The summed E-state index contributed by atoms with van der Waals surface area (Å²) in [5.74, 6) is 0.504. The highest BCUT2D eigenvalue weighted by Gasteiger charge is 2.23. The van der Waals surface area contributed by atoms with E-state index in [4.69, 9.17) is 0 Å². The fourth-order valence-corrected chi connectivity index (χ4v) is 3.03. The highest BCUT2D eigenvalue weighted by atomic mass is 16.3. The fourth-order valence-electron chi connectivity index (χ4n) is 3.03. The zero-order chi connectivity index (χ0) is 13.0. The zero-order valence-electron chi connectivity index (χ0n) is 11.7. The Labute approximate surface area is 110 Å². The number of hydrogen-bond acceptors (Lipinski definition) is 2. The van der Waals surface area contributed by atoms with Gasteiger partial charge >= 0.3 is 0 Å². The molecule has 1 aliphatic carbocycles. The van der Waals surface area contributed by atoms with Crippen molar-refractivity contribution in [2.45, 2.75) is 71.4 Å². The van der Waals surface area contributed by atoms with Gasteiger partial charge < -0.3 is 5.11 Å². The molecule has 1 aromatic heterocycles. The molecule has 0 aromatic carbocycles. The van der Waals surface area contributed by atoms with Crippen molar-refractivity contribution in [1.29, 1.82) is 0 Å². The van der Waals surface area contributed by atoms with Crippen molar-refractivity contribution in [2.75, 3.05) is 0 Å². The van der Waals surface area contributed by atoms with Crippen LogP contribution >= 0.6 is 0 Å². The molecule has 0 radical (unpaired) electrons. The van der Waals surface area contributed by atoms with Gasteiger partial charge in [0.05, 0.1) is 11.8 Å². The van der Waals surface area contributed by atoms with Gasteiger partial charge in [-0.2, -0.15) is 5.10 Å². The first kappa shape index (κ1) is 13.6. The molecule has 2 rings (SSSR count). The molecule has 0 spiro atoms. The smallest absolute Gasteiger partial charge is 0.0624 e. The van der Waals surface area contributed by atoms with E-state index >= 15 is 0 Å². The van der Waals surface area contributed by atoms with Crippen molar-refractivity contribution in [1.82, 2.24) is 9.78 Å². The molecule has 18 heavy (non-hydrogen) atoms. The van der Waals surface area contributed by atoms with Crippen LogP contribution < -0.4 is 0 Å². The van der Waals surface area contributed by atoms with Gasteiger partial charge in [0.25, 0.3) is 0 Å². The predicted octanol–water partition coefficient (Wildman–Crippen LogP) is 2.95. The highest BCUT2D eigenvalue weighted by molar-refractivity contribution is 5.11. The molecular formula is C15H26N2O. The lowest BCUT2D eigenvalue weighted by Gasteiger charge is -2.26. The quantitative estimate of drug-likeness (QED) is 0.872.